The summed E-state index contributed by atoms with van der Waals surface area (Å²) in [6.07, 6.45) is 48.2. The van der Waals surface area contributed by atoms with Crippen LogP contribution < -0.4 is 5.32 Å². The monoisotopic (exact) mass is 564 g/mol. The minimum Gasteiger partial charge on any atom is -0.317 e. The van der Waals surface area contributed by atoms with Crippen LogP contribution >= 0.6 is 0 Å². The molecule has 0 amide bonds. The summed E-state index contributed by atoms with van der Waals surface area (Å²) in [6.45, 7) is 9.40. The van der Waals surface area contributed by atoms with E-state index in [4.69, 9.17) is 0 Å². The lowest BCUT2D eigenvalue weighted by Crippen LogP contribution is -2.19. The molecule has 0 unspecified atom stereocenters. The molecule has 0 aromatic carbocycles. The van der Waals surface area contributed by atoms with Crippen molar-refractivity contribution in [2.75, 3.05) is 13.1 Å². The number of unbranched alkanes of at least 4 members (excludes halogenated alkanes) is 27. The molecular formula is C39H81N. The van der Waals surface area contributed by atoms with Crippen molar-refractivity contribution >= 4 is 0 Å². The highest BCUT2D eigenvalue weighted by atomic mass is 14.8. The van der Waals surface area contributed by atoms with Gasteiger partial charge in [-0.2, -0.15) is 0 Å². The van der Waals surface area contributed by atoms with Crippen LogP contribution in [0.4, 0.5) is 0 Å². The Morgan fingerprint density at radius 3 is 0.850 bits per heavy atom. The average molecular weight is 564 g/mol. The van der Waals surface area contributed by atoms with E-state index in [2.05, 4.69) is 26.1 Å². The van der Waals surface area contributed by atoms with Crippen LogP contribution in [0.15, 0.2) is 0 Å². The normalized spacial score (nSPS) is 11.7. The lowest BCUT2D eigenvalue weighted by molar-refractivity contribution is 0.372. The molecule has 0 saturated heterocycles. The molecule has 0 aliphatic rings. The number of nitrogens with one attached hydrogen (secondary N) is 1. The molecule has 0 heterocycles. The van der Waals surface area contributed by atoms with Crippen molar-refractivity contribution in [2.45, 2.75) is 233 Å². The highest BCUT2D eigenvalue weighted by Crippen LogP contribution is 2.22. The largest absolute Gasteiger partial charge is 0.317 e. The zero-order valence-corrected chi connectivity index (χ0v) is 28.8. The van der Waals surface area contributed by atoms with E-state index in [1.807, 2.05) is 0 Å². The minimum absolute atomic E-state index is 0.976. The quantitative estimate of drug-likeness (QED) is 0.0747. The second-order valence-electron chi connectivity index (χ2n) is 13.5. The lowest BCUT2D eigenvalue weighted by atomic mass is 9.91. The Kier molecular flexibility index (Phi) is 36.9. The fraction of sp³-hybridized carbons (Fsp3) is 1.00. The van der Waals surface area contributed by atoms with E-state index in [0.717, 1.165) is 5.92 Å². The zero-order valence-electron chi connectivity index (χ0n) is 28.8. The van der Waals surface area contributed by atoms with Gasteiger partial charge in [0.1, 0.15) is 0 Å². The van der Waals surface area contributed by atoms with E-state index in [0.29, 0.717) is 0 Å². The van der Waals surface area contributed by atoms with Crippen molar-refractivity contribution in [3.63, 3.8) is 0 Å². The number of rotatable bonds is 36. The lowest BCUT2D eigenvalue weighted by Gasteiger charge is -2.17. The van der Waals surface area contributed by atoms with Crippen molar-refractivity contribution in [1.29, 1.82) is 0 Å². The molecule has 242 valence electrons. The maximum Gasteiger partial charge on any atom is -0.00463 e. The topological polar surface area (TPSA) is 12.0 Å². The van der Waals surface area contributed by atoms with Gasteiger partial charge < -0.3 is 5.32 Å². The van der Waals surface area contributed by atoms with E-state index < -0.39 is 0 Å². The van der Waals surface area contributed by atoms with E-state index in [-0.39, 0.29) is 0 Å². The van der Waals surface area contributed by atoms with Crippen LogP contribution in [0.5, 0.6) is 0 Å². The van der Waals surface area contributed by atoms with Gasteiger partial charge in [-0.1, -0.05) is 220 Å². The molecule has 0 aliphatic heterocycles. The van der Waals surface area contributed by atoms with Gasteiger partial charge in [-0.05, 0) is 31.8 Å². The van der Waals surface area contributed by atoms with Crippen molar-refractivity contribution in [3.8, 4) is 0 Å². The van der Waals surface area contributed by atoms with E-state index in [1.165, 1.54) is 225 Å². The Balaban J connectivity index is 3.69. The first-order chi connectivity index (χ1) is 19.8. The van der Waals surface area contributed by atoms with Crippen molar-refractivity contribution < 1.29 is 0 Å². The summed E-state index contributed by atoms with van der Waals surface area (Å²) in [5.41, 5.74) is 0. The molecular weight excluding hydrogens is 482 g/mol. The van der Waals surface area contributed by atoms with Gasteiger partial charge in [0, 0.05) is 0 Å². The molecule has 0 aromatic rings. The second-order valence-corrected chi connectivity index (χ2v) is 13.5. The summed E-state index contributed by atoms with van der Waals surface area (Å²) in [6, 6.07) is 0. The zero-order chi connectivity index (χ0) is 29.0. The van der Waals surface area contributed by atoms with E-state index in [1.54, 1.807) is 0 Å². The van der Waals surface area contributed by atoms with E-state index >= 15 is 0 Å². The number of hydrogen-bond donors (Lipinski definition) is 1. The Hall–Kier alpha value is -0.0400. The van der Waals surface area contributed by atoms with Crippen LogP contribution in [-0.4, -0.2) is 13.1 Å². The fourth-order valence-corrected chi connectivity index (χ4v) is 6.42. The molecule has 0 fully saturated rings. The fourth-order valence-electron chi connectivity index (χ4n) is 6.42. The Labute approximate surface area is 256 Å². The molecule has 0 rings (SSSR count). The van der Waals surface area contributed by atoms with Gasteiger partial charge in [0.25, 0.3) is 0 Å². The van der Waals surface area contributed by atoms with E-state index in [9.17, 15) is 0 Å². The summed E-state index contributed by atoms with van der Waals surface area (Å²) in [4.78, 5) is 0. The SMILES string of the molecule is CCCCCCCCCCCCCCCCC(CCCCCCCCCCCCCCCC)CCNCCCC. The molecule has 0 aromatic heterocycles. The van der Waals surface area contributed by atoms with Gasteiger partial charge in [0.2, 0.25) is 0 Å². The van der Waals surface area contributed by atoms with Crippen LogP contribution in [0.2, 0.25) is 0 Å². The molecule has 1 N–H and O–H groups in total. The van der Waals surface area contributed by atoms with Crippen molar-refractivity contribution in [2.24, 2.45) is 5.92 Å². The molecule has 0 bridgehead atoms. The van der Waals surface area contributed by atoms with Gasteiger partial charge in [0.05, 0.1) is 0 Å². The van der Waals surface area contributed by atoms with Gasteiger partial charge >= 0.3 is 0 Å². The van der Waals surface area contributed by atoms with Crippen LogP contribution in [0, 0.1) is 5.92 Å². The Bertz CT molecular complexity index is 387. The molecule has 1 heteroatoms. The first-order valence-electron chi connectivity index (χ1n) is 19.6. The van der Waals surface area contributed by atoms with Crippen LogP contribution in [0.3, 0.4) is 0 Å². The molecule has 40 heavy (non-hydrogen) atoms. The van der Waals surface area contributed by atoms with Gasteiger partial charge in [-0.25, -0.2) is 0 Å². The predicted molar refractivity (Wildman–Crippen MR) is 186 cm³/mol. The molecule has 0 spiro atoms. The first-order valence-corrected chi connectivity index (χ1v) is 19.6. The highest BCUT2D eigenvalue weighted by Gasteiger charge is 2.08. The van der Waals surface area contributed by atoms with Gasteiger partial charge in [-0.15, -0.1) is 0 Å². The third-order valence-corrected chi connectivity index (χ3v) is 9.37. The number of hydrogen-bond acceptors (Lipinski definition) is 1. The van der Waals surface area contributed by atoms with Gasteiger partial charge in [0.15, 0.2) is 0 Å². The van der Waals surface area contributed by atoms with Crippen LogP contribution in [-0.2, 0) is 0 Å². The maximum atomic E-state index is 3.72. The third kappa shape index (κ3) is 34.2. The maximum absolute atomic E-state index is 3.72. The minimum atomic E-state index is 0.976. The standard InChI is InChI=1S/C39H81N/c1-4-7-10-12-14-16-18-20-22-24-26-28-30-32-34-39(36-38-40-37-9-6-3)35-33-31-29-27-25-23-21-19-17-15-13-11-8-5-2/h39-40H,4-38H2,1-3H3. The summed E-state index contributed by atoms with van der Waals surface area (Å²) in [7, 11) is 0. The molecule has 0 saturated carbocycles. The third-order valence-electron chi connectivity index (χ3n) is 9.37. The summed E-state index contributed by atoms with van der Waals surface area (Å²) in [5, 5.41) is 3.72. The highest BCUT2D eigenvalue weighted by molar-refractivity contribution is 4.63. The summed E-state index contributed by atoms with van der Waals surface area (Å²) < 4.78 is 0. The molecule has 0 atom stereocenters. The predicted octanol–water partition coefficient (Wildman–Crippen LogP) is 14.1. The van der Waals surface area contributed by atoms with Crippen LogP contribution in [0.1, 0.15) is 233 Å². The molecule has 1 nitrogen and oxygen atoms in total. The van der Waals surface area contributed by atoms with Crippen LogP contribution in [0.25, 0.3) is 0 Å². The van der Waals surface area contributed by atoms with Crippen molar-refractivity contribution in [1.82, 2.24) is 5.32 Å². The van der Waals surface area contributed by atoms with Gasteiger partial charge in [-0.3, -0.25) is 0 Å². The Morgan fingerprint density at radius 2 is 0.550 bits per heavy atom. The van der Waals surface area contributed by atoms with Crippen molar-refractivity contribution in [3.05, 3.63) is 0 Å². The average Bonchev–Trinajstić information content (AvgIpc) is 2.96. The second kappa shape index (κ2) is 37.0. The smallest absolute Gasteiger partial charge is 0.00463 e. The Morgan fingerprint density at radius 1 is 0.275 bits per heavy atom. The molecule has 0 aliphatic carbocycles. The summed E-state index contributed by atoms with van der Waals surface area (Å²) in [5.74, 6) is 0.976. The summed E-state index contributed by atoms with van der Waals surface area (Å²) >= 11 is 0. The first kappa shape index (κ1) is 40.0. The molecule has 0 radical (unpaired) electrons.